The summed E-state index contributed by atoms with van der Waals surface area (Å²) < 4.78 is 5.61. The number of carbonyl (C=O) groups excluding carboxylic acids is 2. The number of amides is 2. The van der Waals surface area contributed by atoms with Gasteiger partial charge in [0.2, 0.25) is 0 Å². The first-order valence-corrected chi connectivity index (χ1v) is 8.03. The van der Waals surface area contributed by atoms with Gasteiger partial charge in [-0.3, -0.25) is 14.5 Å². The molecule has 1 saturated heterocycles. The highest BCUT2D eigenvalue weighted by atomic mass is 32.2. The molecule has 1 aliphatic rings. The predicted octanol–water partition coefficient (Wildman–Crippen LogP) is 3.44. The number of thioether (sulfide) groups is 1. The van der Waals surface area contributed by atoms with Crippen molar-refractivity contribution in [1.29, 1.82) is 0 Å². The fourth-order valence-electron chi connectivity index (χ4n) is 2.23. The van der Waals surface area contributed by atoms with Gasteiger partial charge in [-0.25, -0.2) is 0 Å². The van der Waals surface area contributed by atoms with Crippen molar-refractivity contribution in [3.05, 3.63) is 58.8 Å². The molecule has 2 heterocycles. The van der Waals surface area contributed by atoms with E-state index in [0.29, 0.717) is 4.91 Å². The van der Waals surface area contributed by atoms with Crippen molar-refractivity contribution in [3.8, 4) is 5.75 Å². The Morgan fingerprint density at radius 2 is 2.13 bits per heavy atom. The molecule has 0 aliphatic carbocycles. The first-order valence-electron chi connectivity index (χ1n) is 7.22. The van der Waals surface area contributed by atoms with Crippen LogP contribution in [-0.2, 0) is 4.79 Å². The molecule has 0 saturated carbocycles. The molecule has 0 radical (unpaired) electrons. The van der Waals surface area contributed by atoms with E-state index in [1.54, 1.807) is 12.3 Å². The smallest absolute Gasteiger partial charge is 0.293 e. The van der Waals surface area contributed by atoms with E-state index in [1.807, 2.05) is 43.3 Å². The Kier molecular flexibility index (Phi) is 4.52. The summed E-state index contributed by atoms with van der Waals surface area (Å²) in [6.07, 6.45) is 3.46. The number of aromatic amines is 1. The predicted molar refractivity (Wildman–Crippen MR) is 90.1 cm³/mol. The van der Waals surface area contributed by atoms with E-state index in [1.165, 1.54) is 4.90 Å². The number of hydrogen-bond acceptors (Lipinski definition) is 4. The van der Waals surface area contributed by atoms with E-state index in [0.717, 1.165) is 28.8 Å². The lowest BCUT2D eigenvalue weighted by Crippen LogP contribution is -2.32. The number of hydrogen-bond donors (Lipinski definition) is 1. The zero-order valence-electron chi connectivity index (χ0n) is 12.6. The van der Waals surface area contributed by atoms with Crippen LogP contribution in [0.1, 0.15) is 11.3 Å². The maximum absolute atomic E-state index is 12.3. The lowest BCUT2D eigenvalue weighted by molar-refractivity contribution is -0.123. The summed E-state index contributed by atoms with van der Waals surface area (Å²) in [7, 11) is 0. The molecular formula is C17H16N2O3S. The second-order valence-electron chi connectivity index (χ2n) is 5.12. The minimum atomic E-state index is -0.276. The third kappa shape index (κ3) is 3.65. The first kappa shape index (κ1) is 15.4. The standard InChI is InChI=1S/C17H16N2O3S/c1-12-4-2-6-14(10-12)22-9-8-19-16(20)15(23-17(19)21)11-13-5-3-7-18-13/h2-7,10-11,18H,8-9H2,1H3/b15-11-. The number of aromatic nitrogens is 1. The minimum absolute atomic E-state index is 0.237. The normalized spacial score (nSPS) is 16.4. The van der Waals surface area contributed by atoms with E-state index in [-0.39, 0.29) is 24.3 Å². The number of rotatable bonds is 5. The first-order chi connectivity index (χ1) is 11.1. The quantitative estimate of drug-likeness (QED) is 0.854. The summed E-state index contributed by atoms with van der Waals surface area (Å²) in [6.45, 7) is 2.49. The molecule has 1 aromatic carbocycles. The van der Waals surface area contributed by atoms with E-state index >= 15 is 0 Å². The zero-order chi connectivity index (χ0) is 16.2. The molecular weight excluding hydrogens is 312 g/mol. The molecule has 0 unspecified atom stereocenters. The van der Waals surface area contributed by atoms with Gasteiger partial charge in [-0.2, -0.15) is 0 Å². The average molecular weight is 328 g/mol. The van der Waals surface area contributed by atoms with Gasteiger partial charge < -0.3 is 9.72 Å². The molecule has 23 heavy (non-hydrogen) atoms. The summed E-state index contributed by atoms with van der Waals surface area (Å²) in [5, 5.41) is -0.263. The van der Waals surface area contributed by atoms with Gasteiger partial charge in [0.1, 0.15) is 12.4 Å². The van der Waals surface area contributed by atoms with Crippen molar-refractivity contribution in [3.63, 3.8) is 0 Å². The van der Waals surface area contributed by atoms with Crippen LogP contribution in [0.5, 0.6) is 5.75 Å². The van der Waals surface area contributed by atoms with Crippen molar-refractivity contribution in [1.82, 2.24) is 9.88 Å². The van der Waals surface area contributed by atoms with Gasteiger partial charge in [0, 0.05) is 11.9 Å². The molecule has 0 atom stereocenters. The van der Waals surface area contributed by atoms with Gasteiger partial charge in [0.15, 0.2) is 0 Å². The Labute approximate surface area is 138 Å². The summed E-state index contributed by atoms with van der Waals surface area (Å²) in [4.78, 5) is 28.9. The third-order valence-electron chi connectivity index (χ3n) is 3.36. The highest BCUT2D eigenvalue weighted by Crippen LogP contribution is 2.31. The van der Waals surface area contributed by atoms with Gasteiger partial charge in [0.05, 0.1) is 11.4 Å². The van der Waals surface area contributed by atoms with Crippen LogP contribution in [0.4, 0.5) is 4.79 Å². The van der Waals surface area contributed by atoms with Crippen molar-refractivity contribution < 1.29 is 14.3 Å². The average Bonchev–Trinajstić information content (AvgIpc) is 3.11. The zero-order valence-corrected chi connectivity index (χ0v) is 13.4. The number of benzene rings is 1. The van der Waals surface area contributed by atoms with Crippen LogP contribution in [0.15, 0.2) is 47.5 Å². The van der Waals surface area contributed by atoms with Crippen LogP contribution in [0, 0.1) is 6.92 Å². The van der Waals surface area contributed by atoms with Crippen LogP contribution in [0.2, 0.25) is 0 Å². The Balaban J connectivity index is 1.60. The number of nitrogens with zero attached hydrogens (tertiary/aromatic N) is 1. The monoisotopic (exact) mass is 328 g/mol. The summed E-state index contributed by atoms with van der Waals surface area (Å²) in [5.74, 6) is 0.460. The molecule has 2 aromatic rings. The van der Waals surface area contributed by atoms with E-state index in [4.69, 9.17) is 4.74 Å². The maximum Gasteiger partial charge on any atom is 0.293 e. The maximum atomic E-state index is 12.3. The van der Waals surface area contributed by atoms with Gasteiger partial charge >= 0.3 is 0 Å². The minimum Gasteiger partial charge on any atom is -0.492 e. The topological polar surface area (TPSA) is 62.4 Å². The molecule has 5 nitrogen and oxygen atoms in total. The second kappa shape index (κ2) is 6.75. The fraction of sp³-hybridized carbons (Fsp3) is 0.176. The molecule has 1 fully saturated rings. The number of ether oxygens (including phenoxy) is 1. The number of carbonyl (C=O) groups is 2. The molecule has 1 aliphatic heterocycles. The third-order valence-corrected chi connectivity index (χ3v) is 4.26. The summed E-state index contributed by atoms with van der Waals surface area (Å²) >= 11 is 0.952. The van der Waals surface area contributed by atoms with Crippen LogP contribution in [-0.4, -0.2) is 34.2 Å². The van der Waals surface area contributed by atoms with Crippen molar-refractivity contribution in [2.24, 2.45) is 0 Å². The van der Waals surface area contributed by atoms with Crippen LogP contribution >= 0.6 is 11.8 Å². The molecule has 3 rings (SSSR count). The fourth-order valence-corrected chi connectivity index (χ4v) is 3.08. The summed E-state index contributed by atoms with van der Waals surface area (Å²) in [5.41, 5.74) is 1.90. The largest absolute Gasteiger partial charge is 0.492 e. The van der Waals surface area contributed by atoms with Gasteiger partial charge in [-0.05, 0) is 54.6 Å². The Hall–Kier alpha value is -2.47. The van der Waals surface area contributed by atoms with Crippen LogP contribution in [0.3, 0.4) is 0 Å². The molecule has 6 heteroatoms. The van der Waals surface area contributed by atoms with E-state index in [2.05, 4.69) is 4.98 Å². The number of nitrogens with one attached hydrogen (secondary N) is 1. The van der Waals surface area contributed by atoms with Crippen LogP contribution < -0.4 is 4.74 Å². The Morgan fingerprint density at radius 1 is 1.26 bits per heavy atom. The second-order valence-corrected chi connectivity index (χ2v) is 6.12. The van der Waals surface area contributed by atoms with Crippen molar-refractivity contribution in [2.75, 3.05) is 13.2 Å². The highest BCUT2D eigenvalue weighted by molar-refractivity contribution is 8.18. The van der Waals surface area contributed by atoms with Gasteiger partial charge in [-0.15, -0.1) is 0 Å². The number of H-pyrrole nitrogens is 1. The molecule has 1 N–H and O–H groups in total. The Morgan fingerprint density at radius 3 is 2.87 bits per heavy atom. The van der Waals surface area contributed by atoms with E-state index in [9.17, 15) is 9.59 Å². The molecule has 1 aromatic heterocycles. The van der Waals surface area contributed by atoms with Gasteiger partial charge in [-0.1, -0.05) is 12.1 Å². The van der Waals surface area contributed by atoms with E-state index < -0.39 is 0 Å². The van der Waals surface area contributed by atoms with Crippen LogP contribution in [0.25, 0.3) is 6.08 Å². The van der Waals surface area contributed by atoms with Gasteiger partial charge in [0.25, 0.3) is 11.1 Å². The highest BCUT2D eigenvalue weighted by Gasteiger charge is 2.34. The lowest BCUT2D eigenvalue weighted by atomic mass is 10.2. The SMILES string of the molecule is Cc1cccc(OCCN2C(=O)S/C(=C\c3ccc[nH]3)C2=O)c1. The van der Waals surface area contributed by atoms with Crippen molar-refractivity contribution in [2.45, 2.75) is 6.92 Å². The Bertz CT molecular complexity index is 753. The molecule has 2 amide bonds. The lowest BCUT2D eigenvalue weighted by Gasteiger charge is -2.13. The number of aryl methyl sites for hydroxylation is 1. The molecule has 0 spiro atoms. The number of imide groups is 1. The van der Waals surface area contributed by atoms with Crippen molar-refractivity contribution >= 4 is 29.0 Å². The summed E-state index contributed by atoms with van der Waals surface area (Å²) in [6, 6.07) is 11.3. The molecule has 0 bridgehead atoms. The molecule has 118 valence electrons.